The third-order valence-electron chi connectivity index (χ3n) is 3.98. The number of aryl methyl sites for hydroxylation is 1. The third-order valence-corrected chi connectivity index (χ3v) is 6.39. The first kappa shape index (κ1) is 20.7. The van der Waals surface area contributed by atoms with Crippen molar-refractivity contribution in [2.45, 2.75) is 6.92 Å². The van der Waals surface area contributed by atoms with E-state index in [9.17, 15) is 9.59 Å². The molecule has 0 spiro atoms. The van der Waals surface area contributed by atoms with Crippen LogP contribution in [0.4, 0.5) is 5.69 Å². The molecule has 0 atom stereocenters. The molecule has 1 aromatic heterocycles. The quantitative estimate of drug-likeness (QED) is 0.528. The Morgan fingerprint density at radius 1 is 1.11 bits per heavy atom. The number of carbonyl (C=O) groups excluding carboxylic acids is 2. The second-order valence-electron chi connectivity index (χ2n) is 5.90. The molecule has 0 saturated heterocycles. The summed E-state index contributed by atoms with van der Waals surface area (Å²) in [5.74, 6) is -0.383. The number of ether oxygens (including phenoxy) is 1. The topological polar surface area (TPSA) is 67.4 Å². The Balaban J connectivity index is 1.71. The van der Waals surface area contributed by atoms with Gasteiger partial charge >= 0.3 is 0 Å². The Kier molecular flexibility index (Phi) is 6.35. The Labute approximate surface area is 180 Å². The van der Waals surface area contributed by atoms with E-state index < -0.39 is 5.91 Å². The zero-order valence-electron chi connectivity index (χ0n) is 14.9. The van der Waals surface area contributed by atoms with Crippen molar-refractivity contribution in [2.24, 2.45) is 0 Å². The Morgan fingerprint density at radius 3 is 2.54 bits per heavy atom. The highest BCUT2D eigenvalue weighted by atomic mass is 35.5. The number of anilines is 1. The fourth-order valence-electron chi connectivity index (χ4n) is 2.53. The standard InChI is InChI=1S/C19H15Cl3N2O3S/c1-9-3-4-10(7-13(9)21)24-14(25)8-23-19(26)18-15(22)11-5-6-12(20)16(27-2)17(11)28-18/h3-7H,8H2,1-2H3,(H,23,26)(H,24,25). The van der Waals surface area contributed by atoms with Crippen LogP contribution in [-0.2, 0) is 4.79 Å². The molecule has 1 heterocycles. The zero-order valence-corrected chi connectivity index (χ0v) is 17.9. The van der Waals surface area contributed by atoms with Gasteiger partial charge in [0.2, 0.25) is 5.91 Å². The lowest BCUT2D eigenvalue weighted by atomic mass is 10.2. The maximum atomic E-state index is 12.5. The average molecular weight is 458 g/mol. The minimum Gasteiger partial charge on any atom is -0.494 e. The van der Waals surface area contributed by atoms with Gasteiger partial charge in [-0.1, -0.05) is 46.9 Å². The molecule has 3 aromatic rings. The van der Waals surface area contributed by atoms with Gasteiger partial charge in [-0.15, -0.1) is 11.3 Å². The van der Waals surface area contributed by atoms with Gasteiger partial charge in [-0.2, -0.15) is 0 Å². The Bertz CT molecular complexity index is 1080. The zero-order chi connectivity index (χ0) is 20.4. The molecule has 2 amide bonds. The maximum absolute atomic E-state index is 12.5. The van der Waals surface area contributed by atoms with Crippen LogP contribution in [0.25, 0.3) is 10.1 Å². The Hall–Kier alpha value is -1.99. The minimum atomic E-state index is -0.457. The highest BCUT2D eigenvalue weighted by molar-refractivity contribution is 7.22. The summed E-state index contributed by atoms with van der Waals surface area (Å²) in [6.07, 6.45) is 0. The van der Waals surface area contributed by atoms with Crippen molar-refractivity contribution in [3.05, 3.63) is 55.8 Å². The maximum Gasteiger partial charge on any atom is 0.263 e. The van der Waals surface area contributed by atoms with E-state index in [0.29, 0.717) is 31.6 Å². The molecule has 0 aliphatic heterocycles. The van der Waals surface area contributed by atoms with E-state index in [1.165, 1.54) is 7.11 Å². The van der Waals surface area contributed by atoms with Gasteiger partial charge in [-0.25, -0.2) is 0 Å². The molecule has 0 bridgehead atoms. The van der Waals surface area contributed by atoms with Gasteiger partial charge in [0.1, 0.15) is 4.88 Å². The van der Waals surface area contributed by atoms with Crippen molar-refractivity contribution in [1.29, 1.82) is 0 Å². The van der Waals surface area contributed by atoms with Gasteiger partial charge in [0.05, 0.1) is 28.4 Å². The second-order valence-corrected chi connectivity index (χ2v) is 8.11. The summed E-state index contributed by atoms with van der Waals surface area (Å²) >= 11 is 19.7. The van der Waals surface area contributed by atoms with Gasteiger partial charge in [0.25, 0.3) is 5.91 Å². The first-order chi connectivity index (χ1) is 13.3. The van der Waals surface area contributed by atoms with Crippen LogP contribution in [0.5, 0.6) is 5.75 Å². The van der Waals surface area contributed by atoms with Crippen molar-refractivity contribution in [2.75, 3.05) is 19.0 Å². The van der Waals surface area contributed by atoms with E-state index in [-0.39, 0.29) is 22.4 Å². The fourth-order valence-corrected chi connectivity index (χ4v) is 4.56. The molecule has 5 nitrogen and oxygen atoms in total. The van der Waals surface area contributed by atoms with Crippen LogP contribution < -0.4 is 15.4 Å². The number of benzene rings is 2. The summed E-state index contributed by atoms with van der Waals surface area (Å²) < 4.78 is 5.97. The Morgan fingerprint density at radius 2 is 1.86 bits per heavy atom. The largest absolute Gasteiger partial charge is 0.494 e. The first-order valence-corrected chi connectivity index (χ1v) is 10.1. The molecule has 0 fully saturated rings. The van der Waals surface area contributed by atoms with E-state index in [1.807, 2.05) is 6.92 Å². The van der Waals surface area contributed by atoms with E-state index >= 15 is 0 Å². The summed E-state index contributed by atoms with van der Waals surface area (Å²) in [5, 5.41) is 7.17. The van der Waals surface area contributed by atoms with Crippen molar-refractivity contribution in [3.63, 3.8) is 0 Å². The number of amides is 2. The molecule has 0 radical (unpaired) electrons. The lowest BCUT2D eigenvalue weighted by Crippen LogP contribution is -2.32. The molecule has 0 unspecified atom stereocenters. The summed E-state index contributed by atoms with van der Waals surface area (Å²) in [4.78, 5) is 24.9. The number of hydrogen-bond acceptors (Lipinski definition) is 4. The molecule has 0 aliphatic carbocycles. The van der Waals surface area contributed by atoms with Gasteiger partial charge in [-0.3, -0.25) is 9.59 Å². The molecule has 0 saturated carbocycles. The summed E-state index contributed by atoms with van der Waals surface area (Å²) in [5.41, 5.74) is 1.46. The molecule has 9 heteroatoms. The van der Waals surface area contributed by atoms with Crippen LogP contribution in [0.2, 0.25) is 15.1 Å². The number of hydrogen-bond donors (Lipinski definition) is 2. The number of halogens is 3. The number of methoxy groups -OCH3 is 1. The molecule has 28 heavy (non-hydrogen) atoms. The highest BCUT2D eigenvalue weighted by Gasteiger charge is 2.21. The van der Waals surface area contributed by atoms with Crippen molar-refractivity contribution in [1.82, 2.24) is 5.32 Å². The van der Waals surface area contributed by atoms with E-state index in [1.54, 1.807) is 30.3 Å². The fraction of sp³-hybridized carbons (Fsp3) is 0.158. The van der Waals surface area contributed by atoms with E-state index in [4.69, 9.17) is 39.5 Å². The first-order valence-electron chi connectivity index (χ1n) is 8.10. The van der Waals surface area contributed by atoms with Crippen LogP contribution >= 0.6 is 46.1 Å². The van der Waals surface area contributed by atoms with Crippen LogP contribution in [0.15, 0.2) is 30.3 Å². The summed E-state index contributed by atoms with van der Waals surface area (Å²) in [6, 6.07) is 8.56. The molecule has 0 aliphatic rings. The van der Waals surface area contributed by atoms with Crippen molar-refractivity contribution >= 4 is 73.7 Å². The lowest BCUT2D eigenvalue weighted by molar-refractivity contribution is -0.115. The lowest BCUT2D eigenvalue weighted by Gasteiger charge is -2.08. The normalized spacial score (nSPS) is 10.8. The second kappa shape index (κ2) is 8.57. The van der Waals surface area contributed by atoms with Crippen molar-refractivity contribution < 1.29 is 14.3 Å². The third kappa shape index (κ3) is 4.20. The molecule has 3 rings (SSSR count). The monoisotopic (exact) mass is 456 g/mol. The van der Waals surface area contributed by atoms with E-state index in [0.717, 1.165) is 16.9 Å². The van der Waals surface area contributed by atoms with Crippen LogP contribution in [0.1, 0.15) is 15.2 Å². The molecule has 2 N–H and O–H groups in total. The van der Waals surface area contributed by atoms with Gasteiger partial charge < -0.3 is 15.4 Å². The van der Waals surface area contributed by atoms with Crippen LogP contribution in [-0.4, -0.2) is 25.5 Å². The summed E-state index contributed by atoms with van der Waals surface area (Å²) in [6.45, 7) is 1.65. The number of nitrogens with one attached hydrogen (secondary N) is 2. The number of fused-ring (bicyclic) bond motifs is 1. The predicted molar refractivity (Wildman–Crippen MR) is 116 cm³/mol. The smallest absolute Gasteiger partial charge is 0.263 e. The molecule has 2 aromatic carbocycles. The van der Waals surface area contributed by atoms with Gasteiger partial charge in [0.15, 0.2) is 5.75 Å². The van der Waals surface area contributed by atoms with Crippen molar-refractivity contribution in [3.8, 4) is 5.75 Å². The van der Waals surface area contributed by atoms with Gasteiger partial charge in [0, 0.05) is 16.1 Å². The average Bonchev–Trinajstić information content (AvgIpc) is 2.99. The molecular weight excluding hydrogens is 443 g/mol. The number of rotatable bonds is 5. The van der Waals surface area contributed by atoms with Gasteiger partial charge in [-0.05, 0) is 30.7 Å². The number of thiophene rings is 1. The number of carbonyl (C=O) groups is 2. The van der Waals surface area contributed by atoms with E-state index in [2.05, 4.69) is 10.6 Å². The van der Waals surface area contributed by atoms with Crippen LogP contribution in [0.3, 0.4) is 0 Å². The SMILES string of the molecule is COc1c(Cl)ccc2c(Cl)c(C(=O)NCC(=O)Nc3ccc(C)c(Cl)c3)sc12. The molecule has 146 valence electrons. The summed E-state index contributed by atoms with van der Waals surface area (Å²) in [7, 11) is 1.50. The van der Waals surface area contributed by atoms with Crippen LogP contribution in [0, 0.1) is 6.92 Å². The molecular formula is C19H15Cl3N2O3S. The predicted octanol–water partition coefficient (Wildman–Crippen LogP) is 5.55. The minimum absolute atomic E-state index is 0.215. The highest BCUT2D eigenvalue weighted by Crippen LogP contribution is 2.43.